The topological polar surface area (TPSA) is 50.4 Å². The number of hydrogen-bond donors (Lipinski definition) is 2. The van der Waals surface area contributed by atoms with Crippen LogP contribution in [-0.2, 0) is 0 Å². The molecule has 0 aliphatic carbocycles. The van der Waals surface area contributed by atoms with E-state index in [2.05, 4.69) is 10.6 Å². The van der Waals surface area contributed by atoms with Gasteiger partial charge in [0.15, 0.2) is 6.73 Å². The van der Waals surface area contributed by atoms with Crippen LogP contribution in [0.15, 0.2) is 18.2 Å². The van der Waals surface area contributed by atoms with Gasteiger partial charge < -0.3 is 15.4 Å². The van der Waals surface area contributed by atoms with Crippen LogP contribution in [-0.4, -0.2) is 19.8 Å². The maximum atomic E-state index is 10.9. The van der Waals surface area contributed by atoms with Gasteiger partial charge in [-0.3, -0.25) is 0 Å². The molecular weight excluding hydrogens is 192 g/mol. The molecule has 1 aromatic carbocycles. The van der Waals surface area contributed by atoms with Crippen molar-refractivity contribution in [2.45, 2.75) is 13.8 Å². The molecule has 0 bridgehead atoms. The summed E-state index contributed by atoms with van der Waals surface area (Å²) in [5.41, 5.74) is 2.27. The number of benzene rings is 1. The lowest BCUT2D eigenvalue weighted by atomic mass is 10.1. The van der Waals surface area contributed by atoms with E-state index in [1.54, 1.807) is 7.05 Å². The Kier molecular flexibility index (Phi) is 3.97. The van der Waals surface area contributed by atoms with Crippen LogP contribution in [0.2, 0.25) is 0 Å². The summed E-state index contributed by atoms with van der Waals surface area (Å²) in [6.45, 7) is 4.18. The molecule has 0 unspecified atom stereocenters. The molecule has 0 atom stereocenters. The number of ether oxygens (including phenoxy) is 1. The number of amides is 2. The van der Waals surface area contributed by atoms with Gasteiger partial charge in [0.1, 0.15) is 5.75 Å². The maximum Gasteiger partial charge on any atom is 0.317 e. The van der Waals surface area contributed by atoms with Gasteiger partial charge in [0.05, 0.1) is 0 Å². The van der Waals surface area contributed by atoms with E-state index in [4.69, 9.17) is 4.74 Å². The number of hydrogen-bond acceptors (Lipinski definition) is 2. The number of urea groups is 1. The predicted molar refractivity (Wildman–Crippen MR) is 59.0 cm³/mol. The van der Waals surface area contributed by atoms with Gasteiger partial charge >= 0.3 is 6.03 Å². The van der Waals surface area contributed by atoms with Gasteiger partial charge in [-0.25, -0.2) is 4.79 Å². The van der Waals surface area contributed by atoms with Crippen molar-refractivity contribution in [1.82, 2.24) is 10.6 Å². The third-order valence-corrected chi connectivity index (χ3v) is 2.24. The maximum absolute atomic E-state index is 10.9. The minimum Gasteiger partial charge on any atom is -0.473 e. The zero-order valence-corrected chi connectivity index (χ0v) is 9.26. The second-order valence-corrected chi connectivity index (χ2v) is 3.24. The second-order valence-electron chi connectivity index (χ2n) is 3.24. The van der Waals surface area contributed by atoms with Gasteiger partial charge in [-0.1, -0.05) is 12.1 Å². The Bertz CT molecular complexity index is 350. The highest BCUT2D eigenvalue weighted by Gasteiger charge is 2.01. The first-order valence-corrected chi connectivity index (χ1v) is 4.79. The van der Waals surface area contributed by atoms with E-state index in [0.717, 1.165) is 11.3 Å². The first-order chi connectivity index (χ1) is 7.15. The Balaban J connectivity index is 2.51. The van der Waals surface area contributed by atoms with Crippen LogP contribution in [0, 0.1) is 13.8 Å². The average Bonchev–Trinajstić information content (AvgIpc) is 2.24. The van der Waals surface area contributed by atoms with E-state index in [0.29, 0.717) is 0 Å². The van der Waals surface area contributed by atoms with Crippen molar-refractivity contribution in [2.24, 2.45) is 0 Å². The summed E-state index contributed by atoms with van der Waals surface area (Å²) < 4.78 is 5.42. The summed E-state index contributed by atoms with van der Waals surface area (Å²) in [4.78, 5) is 10.9. The fourth-order valence-electron chi connectivity index (χ4n) is 1.15. The first-order valence-electron chi connectivity index (χ1n) is 4.79. The monoisotopic (exact) mass is 208 g/mol. The van der Waals surface area contributed by atoms with Crippen molar-refractivity contribution in [2.75, 3.05) is 13.8 Å². The normalized spacial score (nSPS) is 9.53. The second kappa shape index (κ2) is 5.24. The molecule has 2 amide bonds. The molecule has 0 aliphatic heterocycles. The summed E-state index contributed by atoms with van der Waals surface area (Å²) in [5, 5.41) is 5.00. The molecule has 4 nitrogen and oxygen atoms in total. The Labute approximate surface area is 89.6 Å². The fraction of sp³-hybridized carbons (Fsp3) is 0.364. The third kappa shape index (κ3) is 3.16. The number of rotatable bonds is 3. The minimum absolute atomic E-state index is 0.171. The summed E-state index contributed by atoms with van der Waals surface area (Å²) in [5.74, 6) is 0.798. The summed E-state index contributed by atoms with van der Waals surface area (Å²) in [7, 11) is 1.56. The van der Waals surface area contributed by atoms with Gasteiger partial charge in [-0.2, -0.15) is 0 Å². The lowest BCUT2D eigenvalue weighted by Gasteiger charge is -2.11. The Morgan fingerprint density at radius 2 is 2.13 bits per heavy atom. The van der Waals surface area contributed by atoms with Crippen LogP contribution < -0.4 is 15.4 Å². The lowest BCUT2D eigenvalue weighted by Crippen LogP contribution is -2.35. The molecule has 4 heteroatoms. The largest absolute Gasteiger partial charge is 0.473 e. The summed E-state index contributed by atoms with van der Waals surface area (Å²) >= 11 is 0. The molecule has 1 rings (SSSR count). The van der Waals surface area contributed by atoms with Crippen molar-refractivity contribution < 1.29 is 9.53 Å². The highest BCUT2D eigenvalue weighted by Crippen LogP contribution is 2.19. The molecule has 0 radical (unpaired) electrons. The highest BCUT2D eigenvalue weighted by atomic mass is 16.5. The fourth-order valence-corrected chi connectivity index (χ4v) is 1.15. The van der Waals surface area contributed by atoms with Crippen LogP contribution in [0.25, 0.3) is 0 Å². The van der Waals surface area contributed by atoms with Crippen molar-refractivity contribution >= 4 is 6.03 Å². The average molecular weight is 208 g/mol. The molecule has 0 saturated carbocycles. The van der Waals surface area contributed by atoms with Crippen molar-refractivity contribution in [3.05, 3.63) is 29.3 Å². The molecule has 0 fully saturated rings. The Morgan fingerprint density at radius 1 is 1.40 bits per heavy atom. The van der Waals surface area contributed by atoms with E-state index in [1.165, 1.54) is 5.56 Å². The third-order valence-electron chi connectivity index (χ3n) is 2.24. The quantitative estimate of drug-likeness (QED) is 0.741. The lowest BCUT2D eigenvalue weighted by molar-refractivity contribution is 0.225. The standard InChI is InChI=1S/C11H16N2O2/c1-8-5-4-6-10(9(8)2)15-7-13-11(14)12-3/h4-6H,7H2,1-3H3,(H2,12,13,14). The minimum atomic E-state index is -0.250. The van der Waals surface area contributed by atoms with Crippen LogP contribution >= 0.6 is 0 Å². The highest BCUT2D eigenvalue weighted by molar-refractivity contribution is 5.73. The number of carbonyl (C=O) groups is 1. The molecule has 15 heavy (non-hydrogen) atoms. The number of carbonyl (C=O) groups excluding carboxylic acids is 1. The number of nitrogens with one attached hydrogen (secondary N) is 2. The van der Waals surface area contributed by atoms with Crippen molar-refractivity contribution in [3.63, 3.8) is 0 Å². The van der Waals surface area contributed by atoms with Gasteiger partial charge in [0.2, 0.25) is 0 Å². The molecule has 0 aliphatic rings. The molecule has 82 valence electrons. The molecular formula is C11H16N2O2. The summed E-state index contributed by atoms with van der Waals surface area (Å²) in [6.07, 6.45) is 0. The first kappa shape index (κ1) is 11.4. The van der Waals surface area contributed by atoms with Crippen LogP contribution in [0.3, 0.4) is 0 Å². The van der Waals surface area contributed by atoms with E-state index in [1.807, 2.05) is 32.0 Å². The van der Waals surface area contributed by atoms with Crippen LogP contribution in [0.5, 0.6) is 5.75 Å². The van der Waals surface area contributed by atoms with E-state index in [-0.39, 0.29) is 12.8 Å². The van der Waals surface area contributed by atoms with Gasteiger partial charge in [0, 0.05) is 7.05 Å². The Hall–Kier alpha value is -1.71. The molecule has 0 heterocycles. The van der Waals surface area contributed by atoms with E-state index >= 15 is 0 Å². The molecule has 2 N–H and O–H groups in total. The molecule has 0 spiro atoms. The number of aryl methyl sites for hydroxylation is 1. The van der Waals surface area contributed by atoms with Gasteiger partial charge in [0.25, 0.3) is 0 Å². The molecule has 1 aromatic rings. The van der Waals surface area contributed by atoms with Crippen LogP contribution in [0.4, 0.5) is 4.79 Å². The zero-order chi connectivity index (χ0) is 11.3. The van der Waals surface area contributed by atoms with Crippen molar-refractivity contribution in [1.29, 1.82) is 0 Å². The smallest absolute Gasteiger partial charge is 0.317 e. The molecule has 0 aromatic heterocycles. The van der Waals surface area contributed by atoms with E-state index in [9.17, 15) is 4.79 Å². The van der Waals surface area contributed by atoms with E-state index < -0.39 is 0 Å². The molecule has 0 saturated heterocycles. The van der Waals surface area contributed by atoms with Gasteiger partial charge in [-0.15, -0.1) is 0 Å². The zero-order valence-electron chi connectivity index (χ0n) is 9.26. The van der Waals surface area contributed by atoms with Gasteiger partial charge in [-0.05, 0) is 31.0 Å². The van der Waals surface area contributed by atoms with Crippen LogP contribution in [0.1, 0.15) is 11.1 Å². The SMILES string of the molecule is CNC(=O)NCOc1cccc(C)c1C. The predicted octanol–water partition coefficient (Wildman–Crippen LogP) is 1.57. The van der Waals surface area contributed by atoms with Crippen molar-refractivity contribution in [3.8, 4) is 5.75 Å². The Morgan fingerprint density at radius 3 is 2.80 bits per heavy atom. The summed E-state index contributed by atoms with van der Waals surface area (Å²) in [6, 6.07) is 5.58.